The second kappa shape index (κ2) is 5.07. The van der Waals surface area contributed by atoms with Crippen LogP contribution in [0.4, 0.5) is 4.79 Å². The Hall–Kier alpha value is -1.78. The fourth-order valence-electron chi connectivity index (χ4n) is 1.70. The average molecular weight is 267 g/mol. The van der Waals surface area contributed by atoms with E-state index in [1.807, 2.05) is 6.92 Å². The minimum absolute atomic E-state index is 0.441. The monoisotopic (exact) mass is 267 g/mol. The van der Waals surface area contributed by atoms with E-state index in [1.165, 1.54) is 18.2 Å². The van der Waals surface area contributed by atoms with E-state index in [2.05, 4.69) is 0 Å². The van der Waals surface area contributed by atoms with Crippen molar-refractivity contribution in [2.75, 3.05) is 7.05 Å². The number of ether oxygens (including phenoxy) is 1. The predicted molar refractivity (Wildman–Crippen MR) is 70.9 cm³/mol. The van der Waals surface area contributed by atoms with Crippen molar-refractivity contribution in [3.05, 3.63) is 23.7 Å². The molecule has 1 aromatic rings. The summed E-state index contributed by atoms with van der Waals surface area (Å²) in [4.78, 5) is 24.8. The Bertz CT molecular complexity index is 472. The van der Waals surface area contributed by atoms with Gasteiger partial charge in [0.05, 0.1) is 6.26 Å². The van der Waals surface area contributed by atoms with E-state index in [0.29, 0.717) is 12.0 Å². The highest BCUT2D eigenvalue weighted by Crippen LogP contribution is 2.29. The highest BCUT2D eigenvalue weighted by Gasteiger charge is 2.40. The van der Waals surface area contributed by atoms with Crippen LogP contribution in [0.15, 0.2) is 16.7 Å². The van der Waals surface area contributed by atoms with Gasteiger partial charge in [-0.3, -0.25) is 4.90 Å². The van der Waals surface area contributed by atoms with Gasteiger partial charge in [0, 0.05) is 7.05 Å². The van der Waals surface area contributed by atoms with Crippen molar-refractivity contribution in [1.29, 1.82) is 0 Å². The maximum absolute atomic E-state index is 12.1. The quantitative estimate of drug-likeness (QED) is 0.790. The molecule has 1 atom stereocenters. The summed E-state index contributed by atoms with van der Waals surface area (Å²) in [6.45, 7) is 8.76. The van der Waals surface area contributed by atoms with Gasteiger partial charge >= 0.3 is 6.09 Å². The minimum atomic E-state index is -1.18. The number of amides is 1. The summed E-state index contributed by atoms with van der Waals surface area (Å²) in [5.74, 6) is 0.441. The maximum atomic E-state index is 12.1. The van der Waals surface area contributed by atoms with Crippen molar-refractivity contribution in [1.82, 2.24) is 4.90 Å². The van der Waals surface area contributed by atoms with Gasteiger partial charge in [-0.15, -0.1) is 0 Å². The molecule has 0 aliphatic carbocycles. The van der Waals surface area contributed by atoms with Crippen molar-refractivity contribution >= 4 is 12.4 Å². The number of likely N-dealkylation sites (N-methyl/N-ethyl adjacent to an activating group) is 1. The molecule has 0 radical (unpaired) electrons. The summed E-state index contributed by atoms with van der Waals surface area (Å²) >= 11 is 0. The molecule has 0 saturated carbocycles. The first-order valence-electron chi connectivity index (χ1n) is 6.09. The van der Waals surface area contributed by atoms with Crippen LogP contribution in [0.2, 0.25) is 0 Å². The second-order valence-electron chi connectivity index (χ2n) is 5.74. The number of furan rings is 1. The molecule has 0 fully saturated rings. The third-order valence-electron chi connectivity index (χ3n) is 2.92. The summed E-state index contributed by atoms with van der Waals surface area (Å²) < 4.78 is 10.6. The van der Waals surface area contributed by atoms with Crippen molar-refractivity contribution in [3.8, 4) is 0 Å². The maximum Gasteiger partial charge on any atom is 0.411 e. The van der Waals surface area contributed by atoms with Crippen LogP contribution in [0, 0.1) is 6.92 Å². The van der Waals surface area contributed by atoms with Gasteiger partial charge in [-0.05, 0) is 46.2 Å². The molecule has 106 valence electrons. The molecule has 5 heteroatoms. The lowest BCUT2D eigenvalue weighted by atomic mass is 9.96. The zero-order valence-electron chi connectivity index (χ0n) is 12.3. The molecule has 0 aliphatic rings. The molecule has 1 amide bonds. The Morgan fingerprint density at radius 3 is 2.32 bits per heavy atom. The molecule has 1 aromatic heterocycles. The Kier molecular flexibility index (Phi) is 4.08. The van der Waals surface area contributed by atoms with E-state index in [4.69, 9.17) is 9.15 Å². The molecule has 19 heavy (non-hydrogen) atoms. The number of rotatable bonds is 3. The standard InChI is InChI=1S/C14H21NO4/c1-10-7-8-18-11(10)14(5,9-16)15(6)12(17)19-13(2,3)4/h7-9H,1-6H3. The number of hydrogen-bond acceptors (Lipinski definition) is 4. The molecule has 0 bridgehead atoms. The van der Waals surface area contributed by atoms with Crippen molar-refractivity contribution < 1.29 is 18.7 Å². The minimum Gasteiger partial charge on any atom is -0.466 e. The summed E-state index contributed by atoms with van der Waals surface area (Å²) in [5, 5.41) is 0. The van der Waals surface area contributed by atoms with E-state index in [1.54, 1.807) is 33.8 Å². The number of carbonyl (C=O) groups excluding carboxylic acids is 2. The Morgan fingerprint density at radius 2 is 1.95 bits per heavy atom. The lowest BCUT2D eigenvalue weighted by molar-refractivity contribution is -0.118. The zero-order valence-corrected chi connectivity index (χ0v) is 12.3. The molecule has 0 saturated heterocycles. The number of nitrogens with zero attached hydrogens (tertiary/aromatic N) is 1. The summed E-state index contributed by atoms with van der Waals surface area (Å²) in [5.41, 5.74) is -0.992. The lowest BCUT2D eigenvalue weighted by Gasteiger charge is -2.34. The third-order valence-corrected chi connectivity index (χ3v) is 2.92. The van der Waals surface area contributed by atoms with E-state index in [9.17, 15) is 9.59 Å². The summed E-state index contributed by atoms with van der Waals surface area (Å²) in [6.07, 6.45) is 1.61. The molecular weight excluding hydrogens is 246 g/mol. The largest absolute Gasteiger partial charge is 0.466 e. The smallest absolute Gasteiger partial charge is 0.411 e. The van der Waals surface area contributed by atoms with Gasteiger partial charge in [0.2, 0.25) is 0 Å². The normalized spacial score (nSPS) is 14.6. The highest BCUT2D eigenvalue weighted by molar-refractivity contribution is 5.77. The molecule has 0 aliphatic heterocycles. The van der Waals surface area contributed by atoms with Crippen LogP contribution in [0.1, 0.15) is 39.0 Å². The molecular formula is C14H21NO4. The first-order valence-corrected chi connectivity index (χ1v) is 6.09. The van der Waals surface area contributed by atoms with Gasteiger partial charge in [-0.2, -0.15) is 0 Å². The van der Waals surface area contributed by atoms with E-state index >= 15 is 0 Å². The lowest BCUT2D eigenvalue weighted by Crippen LogP contribution is -2.48. The van der Waals surface area contributed by atoms with Crippen LogP contribution in [-0.4, -0.2) is 29.9 Å². The van der Waals surface area contributed by atoms with Crippen LogP contribution in [0.25, 0.3) is 0 Å². The molecule has 0 aromatic carbocycles. The second-order valence-corrected chi connectivity index (χ2v) is 5.74. The van der Waals surface area contributed by atoms with Crippen LogP contribution < -0.4 is 0 Å². The van der Waals surface area contributed by atoms with Gasteiger partial charge in [0.1, 0.15) is 11.4 Å². The van der Waals surface area contributed by atoms with Gasteiger partial charge in [0.15, 0.2) is 11.8 Å². The molecule has 1 rings (SSSR count). The SMILES string of the molecule is Cc1ccoc1C(C)(C=O)N(C)C(=O)OC(C)(C)C. The molecule has 0 spiro atoms. The third kappa shape index (κ3) is 3.16. The first kappa shape index (κ1) is 15.3. The Balaban J connectivity index is 3.06. The van der Waals surface area contributed by atoms with Crippen molar-refractivity contribution in [2.45, 2.75) is 45.8 Å². The van der Waals surface area contributed by atoms with Crippen molar-refractivity contribution in [3.63, 3.8) is 0 Å². The van der Waals surface area contributed by atoms with E-state index < -0.39 is 17.2 Å². The fourth-order valence-corrected chi connectivity index (χ4v) is 1.70. The number of aryl methyl sites for hydroxylation is 1. The summed E-state index contributed by atoms with van der Waals surface area (Å²) in [7, 11) is 1.52. The Labute approximate surface area is 113 Å². The van der Waals surface area contributed by atoms with Crippen molar-refractivity contribution in [2.24, 2.45) is 0 Å². The first-order chi connectivity index (χ1) is 8.62. The van der Waals surface area contributed by atoms with Gasteiger partial charge in [0.25, 0.3) is 0 Å². The molecule has 5 nitrogen and oxygen atoms in total. The van der Waals surface area contributed by atoms with Crippen LogP contribution in [0.3, 0.4) is 0 Å². The molecule has 1 heterocycles. The topological polar surface area (TPSA) is 59.8 Å². The number of aldehydes is 1. The van der Waals surface area contributed by atoms with Gasteiger partial charge in [-0.1, -0.05) is 0 Å². The number of carbonyl (C=O) groups is 2. The predicted octanol–water partition coefficient (Wildman–Crippen LogP) is 2.87. The highest BCUT2D eigenvalue weighted by atomic mass is 16.6. The summed E-state index contributed by atoms with van der Waals surface area (Å²) in [6, 6.07) is 1.75. The van der Waals surface area contributed by atoms with Gasteiger partial charge in [-0.25, -0.2) is 4.79 Å². The Morgan fingerprint density at radius 1 is 1.37 bits per heavy atom. The van der Waals surface area contributed by atoms with Crippen LogP contribution in [-0.2, 0) is 15.1 Å². The number of hydrogen-bond donors (Lipinski definition) is 0. The van der Waals surface area contributed by atoms with Gasteiger partial charge < -0.3 is 13.9 Å². The van der Waals surface area contributed by atoms with Crippen LogP contribution >= 0.6 is 0 Å². The van der Waals surface area contributed by atoms with Crippen LogP contribution in [0.5, 0.6) is 0 Å². The average Bonchev–Trinajstić information content (AvgIpc) is 2.71. The molecule has 1 unspecified atom stereocenters. The van der Waals surface area contributed by atoms with E-state index in [-0.39, 0.29) is 0 Å². The zero-order chi connectivity index (χ0) is 14.8. The van der Waals surface area contributed by atoms with E-state index in [0.717, 1.165) is 5.56 Å². The molecule has 0 N–H and O–H groups in total. The fraction of sp³-hybridized carbons (Fsp3) is 0.571.